The van der Waals surface area contributed by atoms with Gasteiger partial charge in [-0.15, -0.1) is 0 Å². The van der Waals surface area contributed by atoms with Crippen LogP contribution in [0.25, 0.3) is 0 Å². The van der Waals surface area contributed by atoms with Crippen molar-refractivity contribution < 1.29 is 14.3 Å². The van der Waals surface area contributed by atoms with Crippen LogP contribution in [0.1, 0.15) is 78.1 Å². The Morgan fingerprint density at radius 3 is 2.10 bits per heavy atom. The summed E-state index contributed by atoms with van der Waals surface area (Å²) in [6, 6.07) is 0. The van der Waals surface area contributed by atoms with E-state index in [1.54, 1.807) is 6.92 Å². The minimum Gasteiger partial charge on any atom is -0.436 e. The summed E-state index contributed by atoms with van der Waals surface area (Å²) in [5.74, 6) is -0.505. The van der Waals surface area contributed by atoms with Gasteiger partial charge in [-0.05, 0) is 13.3 Å². The lowest BCUT2D eigenvalue weighted by Crippen LogP contribution is -2.16. The van der Waals surface area contributed by atoms with Crippen molar-refractivity contribution in [3.63, 3.8) is 0 Å². The number of carbonyl (C=O) groups is 1. The minimum atomic E-state index is -0.712. The minimum absolute atomic E-state index is 0.313. The Morgan fingerprint density at radius 1 is 1.10 bits per heavy atom. The maximum atomic E-state index is 11.4. The van der Waals surface area contributed by atoms with Crippen LogP contribution in [0.15, 0.2) is 17.1 Å². The Morgan fingerprint density at radius 2 is 1.62 bits per heavy atom. The van der Waals surface area contributed by atoms with Crippen molar-refractivity contribution in [2.45, 2.75) is 84.3 Å². The van der Waals surface area contributed by atoms with Crippen LogP contribution < -0.4 is 0 Å². The van der Waals surface area contributed by atoms with Crippen LogP contribution in [-0.2, 0) is 14.3 Å². The standard InChI is InChI=1S/C17H29NO3/c1-4-5-6-7-8-9-10-11-12-13-16(18-14-19)21-17(20)15(2)3/h16H,2,4-13H2,1,3H3. The number of aliphatic imine (C=N–C) groups is 1. The van der Waals surface area contributed by atoms with Crippen molar-refractivity contribution in [3.05, 3.63) is 12.2 Å². The summed E-state index contributed by atoms with van der Waals surface area (Å²) in [6.07, 6.45) is 12.3. The molecule has 0 spiro atoms. The van der Waals surface area contributed by atoms with Crippen LogP contribution >= 0.6 is 0 Å². The summed E-state index contributed by atoms with van der Waals surface area (Å²) in [6.45, 7) is 7.30. The van der Waals surface area contributed by atoms with Crippen molar-refractivity contribution in [1.82, 2.24) is 0 Å². The van der Waals surface area contributed by atoms with Gasteiger partial charge in [0, 0.05) is 12.0 Å². The van der Waals surface area contributed by atoms with E-state index in [2.05, 4.69) is 18.5 Å². The average molecular weight is 295 g/mol. The van der Waals surface area contributed by atoms with E-state index in [1.165, 1.54) is 51.0 Å². The second-order valence-electron chi connectivity index (χ2n) is 5.48. The van der Waals surface area contributed by atoms with Gasteiger partial charge >= 0.3 is 5.97 Å². The SMILES string of the molecule is C=C(C)C(=O)OC(CCCCCCCCCCC)N=C=O. The number of carbonyl (C=O) groups excluding carboxylic acids is 2. The zero-order valence-corrected chi connectivity index (χ0v) is 13.5. The molecule has 0 N–H and O–H groups in total. The summed E-state index contributed by atoms with van der Waals surface area (Å²) in [5, 5.41) is 0. The second kappa shape index (κ2) is 13.6. The maximum absolute atomic E-state index is 11.4. The van der Waals surface area contributed by atoms with Crippen molar-refractivity contribution in [2.75, 3.05) is 0 Å². The van der Waals surface area contributed by atoms with Gasteiger partial charge in [-0.25, -0.2) is 9.59 Å². The van der Waals surface area contributed by atoms with E-state index in [0.717, 1.165) is 12.8 Å². The lowest BCUT2D eigenvalue weighted by molar-refractivity contribution is -0.144. The Balaban J connectivity index is 3.68. The van der Waals surface area contributed by atoms with Gasteiger partial charge in [-0.3, -0.25) is 0 Å². The third kappa shape index (κ3) is 12.1. The largest absolute Gasteiger partial charge is 0.436 e. The quantitative estimate of drug-likeness (QED) is 0.163. The molecule has 0 heterocycles. The van der Waals surface area contributed by atoms with Gasteiger partial charge in [-0.2, -0.15) is 4.99 Å². The molecule has 120 valence electrons. The Kier molecular flexibility index (Phi) is 12.7. The molecule has 4 heteroatoms. The van der Waals surface area contributed by atoms with Crippen LogP contribution in [-0.4, -0.2) is 18.3 Å². The van der Waals surface area contributed by atoms with Crippen LogP contribution in [0.4, 0.5) is 0 Å². The molecule has 1 atom stereocenters. The van der Waals surface area contributed by atoms with Crippen molar-refractivity contribution in [2.24, 2.45) is 4.99 Å². The molecule has 0 aliphatic rings. The highest BCUT2D eigenvalue weighted by Gasteiger charge is 2.13. The van der Waals surface area contributed by atoms with E-state index in [-0.39, 0.29) is 0 Å². The fraction of sp³-hybridized carbons (Fsp3) is 0.765. The average Bonchev–Trinajstić information content (AvgIpc) is 2.45. The highest BCUT2D eigenvalue weighted by molar-refractivity contribution is 5.87. The number of nitrogens with zero attached hydrogens (tertiary/aromatic N) is 1. The van der Waals surface area contributed by atoms with Gasteiger partial charge in [0.2, 0.25) is 12.3 Å². The van der Waals surface area contributed by atoms with Gasteiger partial charge in [0.05, 0.1) is 0 Å². The number of rotatable bonds is 13. The zero-order chi connectivity index (χ0) is 15.9. The number of ether oxygens (including phenoxy) is 1. The summed E-state index contributed by atoms with van der Waals surface area (Å²) < 4.78 is 5.06. The lowest BCUT2D eigenvalue weighted by Gasteiger charge is -2.11. The molecule has 0 rings (SSSR count). The predicted molar refractivity (Wildman–Crippen MR) is 84.7 cm³/mol. The molecule has 0 bridgehead atoms. The van der Waals surface area contributed by atoms with Crippen molar-refractivity contribution in [3.8, 4) is 0 Å². The molecule has 21 heavy (non-hydrogen) atoms. The van der Waals surface area contributed by atoms with Gasteiger partial charge in [0.1, 0.15) is 0 Å². The lowest BCUT2D eigenvalue weighted by atomic mass is 10.1. The van der Waals surface area contributed by atoms with Crippen LogP contribution in [0.5, 0.6) is 0 Å². The van der Waals surface area contributed by atoms with E-state index < -0.39 is 12.2 Å². The van der Waals surface area contributed by atoms with Gasteiger partial charge in [-0.1, -0.05) is 64.9 Å². The van der Waals surface area contributed by atoms with E-state index >= 15 is 0 Å². The zero-order valence-electron chi connectivity index (χ0n) is 13.5. The number of esters is 1. The summed E-state index contributed by atoms with van der Waals surface area (Å²) in [5.41, 5.74) is 0.313. The molecular formula is C17H29NO3. The Hall–Kier alpha value is -1.41. The van der Waals surface area contributed by atoms with Crippen LogP contribution in [0, 0.1) is 0 Å². The van der Waals surface area contributed by atoms with Gasteiger partial charge in [0.15, 0.2) is 0 Å². The third-order valence-corrected chi connectivity index (χ3v) is 3.34. The summed E-state index contributed by atoms with van der Waals surface area (Å²) in [4.78, 5) is 25.2. The molecule has 0 aromatic rings. The van der Waals surface area contributed by atoms with E-state index in [1.807, 2.05) is 0 Å². The maximum Gasteiger partial charge on any atom is 0.335 e. The molecule has 4 nitrogen and oxygen atoms in total. The Bertz CT molecular complexity index is 346. The molecule has 0 aromatic carbocycles. The monoisotopic (exact) mass is 295 g/mol. The second-order valence-corrected chi connectivity index (χ2v) is 5.48. The molecule has 0 amide bonds. The molecule has 1 unspecified atom stereocenters. The van der Waals surface area contributed by atoms with E-state index in [0.29, 0.717) is 12.0 Å². The Labute approximate surface area is 128 Å². The molecule has 0 saturated carbocycles. The first-order chi connectivity index (χ1) is 10.1. The van der Waals surface area contributed by atoms with Gasteiger partial charge in [0.25, 0.3) is 0 Å². The number of hydrogen-bond acceptors (Lipinski definition) is 4. The fourth-order valence-corrected chi connectivity index (χ4v) is 2.06. The highest BCUT2D eigenvalue weighted by atomic mass is 16.6. The number of hydrogen-bond donors (Lipinski definition) is 0. The number of isocyanates is 1. The molecule has 0 aliphatic heterocycles. The summed E-state index contributed by atoms with van der Waals surface area (Å²) in [7, 11) is 0. The highest BCUT2D eigenvalue weighted by Crippen LogP contribution is 2.13. The first-order valence-electron chi connectivity index (χ1n) is 8.05. The molecule has 0 saturated heterocycles. The van der Waals surface area contributed by atoms with Crippen LogP contribution in [0.2, 0.25) is 0 Å². The fourth-order valence-electron chi connectivity index (χ4n) is 2.06. The normalized spacial score (nSPS) is 11.5. The molecule has 0 radical (unpaired) electrons. The predicted octanol–water partition coefficient (Wildman–Crippen LogP) is 4.69. The topological polar surface area (TPSA) is 55.7 Å². The molecule has 0 aromatic heterocycles. The third-order valence-electron chi connectivity index (χ3n) is 3.34. The van der Waals surface area contributed by atoms with Crippen molar-refractivity contribution >= 4 is 12.0 Å². The van der Waals surface area contributed by atoms with E-state index in [9.17, 15) is 9.59 Å². The molecular weight excluding hydrogens is 266 g/mol. The molecule has 0 fully saturated rings. The van der Waals surface area contributed by atoms with Crippen molar-refractivity contribution in [1.29, 1.82) is 0 Å². The summed E-state index contributed by atoms with van der Waals surface area (Å²) >= 11 is 0. The number of unbranched alkanes of at least 4 members (excludes halogenated alkanes) is 8. The van der Waals surface area contributed by atoms with Crippen LogP contribution in [0.3, 0.4) is 0 Å². The first kappa shape index (κ1) is 19.6. The first-order valence-corrected chi connectivity index (χ1v) is 8.05. The molecule has 0 aliphatic carbocycles. The smallest absolute Gasteiger partial charge is 0.335 e. The van der Waals surface area contributed by atoms with E-state index in [4.69, 9.17) is 4.74 Å². The van der Waals surface area contributed by atoms with Gasteiger partial charge < -0.3 is 4.74 Å².